The minimum atomic E-state index is -0.226. The monoisotopic (exact) mass is 344 g/mol. The zero-order chi connectivity index (χ0) is 16.4. The third-order valence-electron chi connectivity index (χ3n) is 4.78. The highest BCUT2D eigenvalue weighted by atomic mass is 32.1. The first-order valence-electron chi connectivity index (χ1n) is 8.25. The van der Waals surface area contributed by atoms with Crippen molar-refractivity contribution in [3.63, 3.8) is 0 Å². The number of rotatable bonds is 2. The number of thiophene rings is 1. The standard InChI is InChI=1S/C17H20N4O2S/c22-15(14-3-1-12-24-14)21-10-11-23-17(13-21)4-8-20(9-5-17)16-18-6-2-7-19-16/h1-3,6-7,12H,4-5,8-11,13H2. The van der Waals surface area contributed by atoms with E-state index in [0.29, 0.717) is 19.7 Å². The highest BCUT2D eigenvalue weighted by Crippen LogP contribution is 2.32. The van der Waals surface area contributed by atoms with E-state index in [0.717, 1.165) is 36.8 Å². The van der Waals surface area contributed by atoms with Crippen LogP contribution in [0.4, 0.5) is 5.95 Å². The van der Waals surface area contributed by atoms with Crippen molar-refractivity contribution in [3.05, 3.63) is 40.8 Å². The summed E-state index contributed by atoms with van der Waals surface area (Å²) in [7, 11) is 0. The summed E-state index contributed by atoms with van der Waals surface area (Å²) in [6.45, 7) is 3.66. The van der Waals surface area contributed by atoms with E-state index in [1.807, 2.05) is 28.5 Å². The molecule has 2 saturated heterocycles. The fourth-order valence-electron chi connectivity index (χ4n) is 3.45. The summed E-state index contributed by atoms with van der Waals surface area (Å²) in [5, 5.41) is 1.95. The third-order valence-corrected chi connectivity index (χ3v) is 5.64. The molecule has 2 aromatic heterocycles. The lowest BCUT2D eigenvalue weighted by Gasteiger charge is -2.47. The summed E-state index contributed by atoms with van der Waals surface area (Å²) >= 11 is 1.50. The van der Waals surface area contributed by atoms with Gasteiger partial charge in [-0.3, -0.25) is 4.79 Å². The summed E-state index contributed by atoms with van der Waals surface area (Å²) < 4.78 is 6.13. The van der Waals surface area contributed by atoms with E-state index >= 15 is 0 Å². The molecule has 0 N–H and O–H groups in total. The molecular weight excluding hydrogens is 324 g/mol. The molecule has 2 fully saturated rings. The van der Waals surface area contributed by atoms with Crippen LogP contribution in [-0.2, 0) is 4.74 Å². The number of nitrogens with zero attached hydrogens (tertiary/aromatic N) is 4. The first-order chi connectivity index (χ1) is 11.8. The van der Waals surface area contributed by atoms with Gasteiger partial charge in [-0.25, -0.2) is 9.97 Å². The Morgan fingerprint density at radius 1 is 1.17 bits per heavy atom. The number of morpholine rings is 1. The van der Waals surface area contributed by atoms with Gasteiger partial charge in [0.15, 0.2) is 0 Å². The predicted octanol–water partition coefficient (Wildman–Crippen LogP) is 2.05. The van der Waals surface area contributed by atoms with Gasteiger partial charge in [0.25, 0.3) is 5.91 Å². The maximum atomic E-state index is 12.6. The van der Waals surface area contributed by atoms with Gasteiger partial charge in [-0.15, -0.1) is 11.3 Å². The van der Waals surface area contributed by atoms with E-state index in [-0.39, 0.29) is 11.5 Å². The van der Waals surface area contributed by atoms with Crippen LogP contribution in [0.5, 0.6) is 0 Å². The van der Waals surface area contributed by atoms with Crippen molar-refractivity contribution < 1.29 is 9.53 Å². The van der Waals surface area contributed by atoms with Crippen molar-refractivity contribution in [2.45, 2.75) is 18.4 Å². The number of amides is 1. The van der Waals surface area contributed by atoms with E-state index in [1.165, 1.54) is 11.3 Å². The molecule has 1 spiro atoms. The van der Waals surface area contributed by atoms with Crippen LogP contribution in [0.15, 0.2) is 36.0 Å². The summed E-state index contributed by atoms with van der Waals surface area (Å²) in [5.74, 6) is 0.899. The smallest absolute Gasteiger partial charge is 0.264 e. The molecule has 7 heteroatoms. The lowest BCUT2D eigenvalue weighted by atomic mass is 9.89. The number of carbonyl (C=O) groups is 1. The summed E-state index contributed by atoms with van der Waals surface area (Å²) in [4.78, 5) is 26.2. The third kappa shape index (κ3) is 3.01. The summed E-state index contributed by atoms with van der Waals surface area (Å²) in [6, 6.07) is 5.64. The zero-order valence-electron chi connectivity index (χ0n) is 13.4. The first kappa shape index (κ1) is 15.5. The molecular formula is C17H20N4O2S. The first-order valence-corrected chi connectivity index (χ1v) is 9.12. The average molecular weight is 344 g/mol. The molecule has 4 rings (SSSR count). The van der Waals surface area contributed by atoms with Crippen LogP contribution < -0.4 is 4.90 Å². The molecule has 4 heterocycles. The second-order valence-corrected chi connectivity index (χ2v) is 7.22. The SMILES string of the molecule is O=C(c1cccs1)N1CCOC2(CCN(c3ncccn3)CC2)C1. The number of hydrogen-bond acceptors (Lipinski definition) is 6. The Labute approximate surface area is 145 Å². The molecule has 0 radical (unpaired) electrons. The molecule has 1 amide bonds. The van der Waals surface area contributed by atoms with Gasteiger partial charge in [0.05, 0.1) is 23.6 Å². The molecule has 0 aromatic carbocycles. The van der Waals surface area contributed by atoms with Gasteiger partial charge in [0.1, 0.15) is 0 Å². The van der Waals surface area contributed by atoms with Gasteiger partial charge < -0.3 is 14.5 Å². The van der Waals surface area contributed by atoms with Gasteiger partial charge in [-0.05, 0) is 30.4 Å². The molecule has 0 aliphatic carbocycles. The average Bonchev–Trinajstić information content (AvgIpc) is 3.17. The van der Waals surface area contributed by atoms with E-state index in [2.05, 4.69) is 14.9 Å². The van der Waals surface area contributed by atoms with E-state index in [9.17, 15) is 4.79 Å². The summed E-state index contributed by atoms with van der Waals surface area (Å²) in [5.41, 5.74) is -0.226. The molecule has 2 aliphatic rings. The van der Waals surface area contributed by atoms with Crippen LogP contribution in [0, 0.1) is 0 Å². The molecule has 24 heavy (non-hydrogen) atoms. The number of hydrogen-bond donors (Lipinski definition) is 0. The largest absolute Gasteiger partial charge is 0.371 e. The predicted molar refractivity (Wildman–Crippen MR) is 92.4 cm³/mol. The van der Waals surface area contributed by atoms with E-state index in [4.69, 9.17) is 4.74 Å². The Kier molecular flexibility index (Phi) is 4.20. The van der Waals surface area contributed by atoms with Gasteiger partial charge in [-0.2, -0.15) is 0 Å². The maximum absolute atomic E-state index is 12.6. The fraction of sp³-hybridized carbons (Fsp3) is 0.471. The normalized spacial score (nSPS) is 20.3. The maximum Gasteiger partial charge on any atom is 0.264 e. The van der Waals surface area contributed by atoms with Gasteiger partial charge >= 0.3 is 0 Å². The Morgan fingerprint density at radius 2 is 1.96 bits per heavy atom. The molecule has 0 bridgehead atoms. The minimum absolute atomic E-state index is 0.126. The van der Waals surface area contributed by atoms with Crippen LogP contribution in [0.3, 0.4) is 0 Å². The lowest BCUT2D eigenvalue weighted by Crippen LogP contribution is -2.58. The van der Waals surface area contributed by atoms with Crippen LogP contribution >= 0.6 is 11.3 Å². The van der Waals surface area contributed by atoms with Crippen molar-refractivity contribution >= 4 is 23.2 Å². The highest BCUT2D eigenvalue weighted by Gasteiger charge is 2.41. The lowest BCUT2D eigenvalue weighted by molar-refractivity contribution is -0.111. The van der Waals surface area contributed by atoms with Crippen LogP contribution in [0.1, 0.15) is 22.5 Å². The molecule has 2 aliphatic heterocycles. The van der Waals surface area contributed by atoms with Crippen LogP contribution in [-0.4, -0.2) is 59.2 Å². The number of piperidine rings is 1. The number of carbonyl (C=O) groups excluding carboxylic acids is 1. The summed E-state index contributed by atoms with van der Waals surface area (Å²) in [6.07, 6.45) is 5.31. The van der Waals surface area contributed by atoms with E-state index < -0.39 is 0 Å². The molecule has 6 nitrogen and oxygen atoms in total. The molecule has 126 valence electrons. The number of ether oxygens (including phenoxy) is 1. The molecule has 2 aromatic rings. The van der Waals surface area contributed by atoms with Crippen molar-refractivity contribution in [1.29, 1.82) is 0 Å². The Balaban J connectivity index is 1.42. The second-order valence-electron chi connectivity index (χ2n) is 6.27. The number of anilines is 1. The van der Waals surface area contributed by atoms with Crippen molar-refractivity contribution in [1.82, 2.24) is 14.9 Å². The van der Waals surface area contributed by atoms with Crippen molar-refractivity contribution in [2.75, 3.05) is 37.7 Å². The van der Waals surface area contributed by atoms with Crippen molar-refractivity contribution in [3.8, 4) is 0 Å². The van der Waals surface area contributed by atoms with Crippen molar-refractivity contribution in [2.24, 2.45) is 0 Å². The van der Waals surface area contributed by atoms with Crippen LogP contribution in [0.25, 0.3) is 0 Å². The zero-order valence-corrected chi connectivity index (χ0v) is 14.2. The number of aromatic nitrogens is 2. The minimum Gasteiger partial charge on any atom is -0.371 e. The Hall–Kier alpha value is -1.99. The molecule has 0 saturated carbocycles. The van der Waals surface area contributed by atoms with Crippen LogP contribution in [0.2, 0.25) is 0 Å². The van der Waals surface area contributed by atoms with Gasteiger partial charge in [-0.1, -0.05) is 6.07 Å². The fourth-order valence-corrected chi connectivity index (χ4v) is 4.14. The van der Waals surface area contributed by atoms with Gasteiger partial charge in [0.2, 0.25) is 5.95 Å². The second kappa shape index (κ2) is 6.49. The molecule has 0 unspecified atom stereocenters. The highest BCUT2D eigenvalue weighted by molar-refractivity contribution is 7.12. The Bertz CT molecular complexity index is 684. The van der Waals surface area contributed by atoms with E-state index in [1.54, 1.807) is 12.4 Å². The quantitative estimate of drug-likeness (QED) is 0.834. The molecule has 0 atom stereocenters. The van der Waals surface area contributed by atoms with Gasteiger partial charge in [0, 0.05) is 32.0 Å². The topological polar surface area (TPSA) is 58.6 Å². The Morgan fingerprint density at radius 3 is 2.67 bits per heavy atom.